The lowest BCUT2D eigenvalue weighted by Crippen LogP contribution is -2.58. The van der Waals surface area contributed by atoms with Gasteiger partial charge in [-0.05, 0) is 107 Å². The molecule has 2 saturated carbocycles. The van der Waals surface area contributed by atoms with E-state index >= 15 is 0 Å². The van der Waals surface area contributed by atoms with Gasteiger partial charge in [-0.25, -0.2) is 18.2 Å². The van der Waals surface area contributed by atoms with Gasteiger partial charge in [0.25, 0.3) is 5.91 Å². The molecule has 3 aromatic rings. The Hall–Kier alpha value is -5.42. The van der Waals surface area contributed by atoms with E-state index in [1.54, 1.807) is 40.0 Å². The molecule has 2 unspecified atom stereocenters. The number of alkyl carbamates (subject to hydrolysis) is 1. The van der Waals surface area contributed by atoms with Gasteiger partial charge in [-0.2, -0.15) is 0 Å². The van der Waals surface area contributed by atoms with E-state index in [1.165, 1.54) is 4.90 Å². The number of hydrogen-bond acceptors (Lipinski definition) is 12. The number of sulfonamides is 1. The van der Waals surface area contributed by atoms with E-state index in [0.717, 1.165) is 16.6 Å². The average Bonchev–Trinajstić information content (AvgIpc) is 4.12. The summed E-state index contributed by atoms with van der Waals surface area (Å²) < 4.78 is 51.4. The average molecular weight is 847 g/mol. The van der Waals surface area contributed by atoms with Crippen molar-refractivity contribution in [3.05, 3.63) is 60.7 Å². The van der Waals surface area contributed by atoms with Crippen molar-refractivity contribution in [2.45, 2.75) is 93.9 Å². The van der Waals surface area contributed by atoms with Gasteiger partial charge >= 0.3 is 6.09 Å². The van der Waals surface area contributed by atoms with Crippen LogP contribution >= 0.6 is 0 Å². The fourth-order valence-corrected chi connectivity index (χ4v) is 9.02. The molecule has 60 heavy (non-hydrogen) atoms. The summed E-state index contributed by atoms with van der Waals surface area (Å²) in [7, 11) is 1.55. The highest BCUT2D eigenvalue weighted by molar-refractivity contribution is 7.91. The Labute approximate surface area is 350 Å². The van der Waals surface area contributed by atoms with Crippen LogP contribution < -0.4 is 29.7 Å². The van der Waals surface area contributed by atoms with Crippen LogP contribution in [-0.2, 0) is 33.9 Å². The molecule has 0 spiro atoms. The molecular weight excluding hydrogens is 793 g/mol. The number of fused-ring (bicyclic) bond motifs is 3. The lowest BCUT2D eigenvalue weighted by Gasteiger charge is -2.30. The number of nitrogens with zero attached hydrogens (tertiary/aromatic N) is 3. The highest BCUT2D eigenvalue weighted by Crippen LogP contribution is 2.46. The molecule has 3 heterocycles. The van der Waals surface area contributed by atoms with Gasteiger partial charge in [-0.15, -0.1) is 0 Å². The maximum Gasteiger partial charge on any atom is 0.408 e. The summed E-state index contributed by atoms with van der Waals surface area (Å²) in [5, 5.41) is 6.49. The van der Waals surface area contributed by atoms with Gasteiger partial charge in [0.05, 0.1) is 31.2 Å². The first kappa shape index (κ1) is 42.7. The molecule has 17 heteroatoms. The number of rotatable bonds is 9. The van der Waals surface area contributed by atoms with Crippen LogP contribution in [0, 0.1) is 5.92 Å². The fourth-order valence-electron chi connectivity index (χ4n) is 7.66. The van der Waals surface area contributed by atoms with Crippen molar-refractivity contribution in [2.75, 3.05) is 45.9 Å². The Balaban J connectivity index is 1.24. The number of hydrogen-bond donors (Lipinski definition) is 3. The molecule has 0 radical (unpaired) electrons. The highest BCUT2D eigenvalue weighted by atomic mass is 32.2. The Bertz CT molecular complexity index is 2270. The number of anilines is 1. The lowest BCUT2D eigenvalue weighted by atomic mass is 10.1. The summed E-state index contributed by atoms with van der Waals surface area (Å²) >= 11 is 0. The largest absolute Gasteiger partial charge is 0.497 e. The van der Waals surface area contributed by atoms with Gasteiger partial charge in [0, 0.05) is 49.7 Å². The van der Waals surface area contributed by atoms with Crippen LogP contribution in [0.2, 0.25) is 0 Å². The monoisotopic (exact) mass is 846 g/mol. The van der Waals surface area contributed by atoms with Gasteiger partial charge in [0.15, 0.2) is 0 Å². The SMILES string of the molecule is COc1ccc(-c2cc3cc(N(C)C)ccc3c(OC3C[C@H]4C(=O)N[C@]5(C(=O)NS(=O)(=O)C6CC6)CC5/C=C\COCCC[C@H](NC(=O)OC(C)(C)C)C(=O)N4C3)n2)cc1. The number of aromatic nitrogens is 1. The Morgan fingerprint density at radius 3 is 2.48 bits per heavy atom. The molecule has 2 aliphatic heterocycles. The predicted molar refractivity (Wildman–Crippen MR) is 224 cm³/mol. The molecule has 1 saturated heterocycles. The van der Waals surface area contributed by atoms with E-state index in [9.17, 15) is 27.6 Å². The summed E-state index contributed by atoms with van der Waals surface area (Å²) in [5.74, 6) is -1.59. The van der Waals surface area contributed by atoms with Crippen LogP contribution in [0.4, 0.5) is 10.5 Å². The van der Waals surface area contributed by atoms with E-state index in [1.807, 2.05) is 67.5 Å². The second kappa shape index (κ2) is 16.9. The zero-order valence-electron chi connectivity index (χ0n) is 34.9. The fraction of sp³-hybridized carbons (Fsp3) is 0.512. The number of pyridine rings is 1. The van der Waals surface area contributed by atoms with E-state index in [4.69, 9.17) is 23.9 Å². The number of carbonyl (C=O) groups excluding carboxylic acids is 4. The number of amides is 4. The molecule has 7 rings (SSSR count). The van der Waals surface area contributed by atoms with Crippen LogP contribution in [0.25, 0.3) is 22.0 Å². The van der Waals surface area contributed by atoms with E-state index in [-0.39, 0.29) is 39.0 Å². The van der Waals surface area contributed by atoms with Crippen LogP contribution in [0.3, 0.4) is 0 Å². The molecule has 2 aliphatic carbocycles. The molecule has 5 atom stereocenters. The first-order chi connectivity index (χ1) is 28.5. The standard InChI is InChI=1S/C43H54N6O10S/c1-42(2,3)59-41(53)45-34-10-8-20-57-19-7-9-28-24-43(28,40(52)47-60(54,55)32-16-17-32)46-37(50)36-23-31(25-49(36)39(34)51)58-38-33-18-13-29(48(4)5)21-27(33)22-35(44-38)26-11-14-30(56-6)15-12-26/h7,9,11-15,18,21-22,28,31-32,34,36H,8,10,16-17,19-20,23-25H2,1-6H3,(H,45,53)(H,46,50)(H,47,52)/b9-7-/t28?,31?,34-,36-,43+/m0/s1. The van der Waals surface area contributed by atoms with E-state index in [0.29, 0.717) is 42.0 Å². The highest BCUT2D eigenvalue weighted by Gasteiger charge is 2.62. The third-order valence-electron chi connectivity index (χ3n) is 11.1. The summed E-state index contributed by atoms with van der Waals surface area (Å²) in [4.78, 5) is 64.5. The minimum absolute atomic E-state index is 0.00410. The maximum atomic E-state index is 14.7. The second-order valence-corrected chi connectivity index (χ2v) is 19.1. The van der Waals surface area contributed by atoms with Crippen LogP contribution in [0.15, 0.2) is 60.7 Å². The van der Waals surface area contributed by atoms with E-state index < -0.39 is 74.3 Å². The Kier molecular flexibility index (Phi) is 12.0. The Morgan fingerprint density at radius 1 is 1.05 bits per heavy atom. The summed E-state index contributed by atoms with van der Waals surface area (Å²) in [6, 6.07) is 13.1. The van der Waals surface area contributed by atoms with Crippen molar-refractivity contribution in [2.24, 2.45) is 5.92 Å². The quantitative estimate of drug-likeness (QED) is 0.262. The topological polar surface area (TPSA) is 195 Å². The third kappa shape index (κ3) is 9.62. The van der Waals surface area contributed by atoms with Crippen molar-refractivity contribution in [1.29, 1.82) is 0 Å². The van der Waals surface area contributed by atoms with Gasteiger partial charge in [-0.1, -0.05) is 12.2 Å². The van der Waals surface area contributed by atoms with Gasteiger partial charge in [0.1, 0.15) is 35.1 Å². The van der Waals surface area contributed by atoms with Crippen molar-refractivity contribution in [3.63, 3.8) is 0 Å². The Morgan fingerprint density at radius 2 is 1.80 bits per heavy atom. The summed E-state index contributed by atoms with van der Waals surface area (Å²) in [6.07, 6.45) is 3.53. The molecule has 4 aliphatic rings. The van der Waals surface area contributed by atoms with Crippen molar-refractivity contribution in [3.8, 4) is 22.9 Å². The molecular formula is C43H54N6O10S. The first-order valence-electron chi connectivity index (χ1n) is 20.3. The molecule has 322 valence electrons. The van der Waals surface area contributed by atoms with Gasteiger partial charge in [-0.3, -0.25) is 19.1 Å². The van der Waals surface area contributed by atoms with E-state index in [2.05, 4.69) is 15.4 Å². The van der Waals surface area contributed by atoms with Crippen LogP contribution in [0.5, 0.6) is 11.6 Å². The number of nitrogens with one attached hydrogen (secondary N) is 3. The molecule has 16 nitrogen and oxygen atoms in total. The van der Waals surface area contributed by atoms with Crippen LogP contribution in [0.1, 0.15) is 59.3 Å². The molecule has 0 bridgehead atoms. The summed E-state index contributed by atoms with van der Waals surface area (Å²) in [5.41, 5.74) is -0.0231. The van der Waals surface area contributed by atoms with Crippen molar-refractivity contribution in [1.82, 2.24) is 25.2 Å². The molecule has 4 amide bonds. The summed E-state index contributed by atoms with van der Waals surface area (Å²) in [6.45, 7) is 5.52. The molecule has 2 aromatic carbocycles. The van der Waals surface area contributed by atoms with Crippen molar-refractivity contribution >= 4 is 50.3 Å². The molecule has 1 aromatic heterocycles. The molecule has 3 N–H and O–H groups in total. The lowest BCUT2D eigenvalue weighted by molar-refractivity contribution is -0.141. The minimum Gasteiger partial charge on any atom is -0.497 e. The van der Waals surface area contributed by atoms with Gasteiger partial charge < -0.3 is 39.4 Å². The number of carbonyl (C=O) groups is 4. The molecule has 3 fully saturated rings. The third-order valence-corrected chi connectivity index (χ3v) is 12.9. The first-order valence-corrected chi connectivity index (χ1v) is 21.9. The zero-order chi connectivity index (χ0) is 43.0. The smallest absolute Gasteiger partial charge is 0.408 e. The number of benzene rings is 2. The van der Waals surface area contributed by atoms with Crippen LogP contribution in [-0.4, -0.2) is 118 Å². The number of methoxy groups -OCH3 is 1. The normalized spacial score (nSPS) is 25.4. The second-order valence-electron chi connectivity index (χ2n) is 17.1. The number of ether oxygens (including phenoxy) is 4. The minimum atomic E-state index is -3.94. The van der Waals surface area contributed by atoms with Gasteiger partial charge in [0.2, 0.25) is 27.7 Å². The van der Waals surface area contributed by atoms with Crippen molar-refractivity contribution < 1.29 is 46.5 Å². The zero-order valence-corrected chi connectivity index (χ0v) is 35.7. The maximum absolute atomic E-state index is 14.7. The predicted octanol–water partition coefficient (Wildman–Crippen LogP) is 4.07.